The predicted molar refractivity (Wildman–Crippen MR) is 85.6 cm³/mol. The zero-order chi connectivity index (χ0) is 14.7. The van der Waals surface area contributed by atoms with Crippen molar-refractivity contribution in [2.24, 2.45) is 0 Å². The largest absolute Gasteiger partial charge is 0.496 e. The number of fused-ring (bicyclic) bond motifs is 1. The second-order valence-corrected chi connectivity index (χ2v) is 6.00. The fourth-order valence-electron chi connectivity index (χ4n) is 3.32. The Morgan fingerprint density at radius 3 is 2.67 bits per heavy atom. The molecule has 0 amide bonds. The fourth-order valence-corrected chi connectivity index (χ4v) is 3.32. The molecule has 0 saturated heterocycles. The second kappa shape index (κ2) is 6.04. The topological polar surface area (TPSA) is 41.5 Å². The van der Waals surface area contributed by atoms with Crippen molar-refractivity contribution < 1.29 is 9.84 Å². The zero-order valence-corrected chi connectivity index (χ0v) is 12.6. The number of hydrogen-bond acceptors (Lipinski definition) is 3. The van der Waals surface area contributed by atoms with Gasteiger partial charge in [0.25, 0.3) is 0 Å². The summed E-state index contributed by atoms with van der Waals surface area (Å²) in [5, 5.41) is 16.3. The Hall–Kier alpha value is -1.58. The van der Waals surface area contributed by atoms with Crippen LogP contribution in [-0.2, 0) is 6.54 Å². The molecule has 112 valence electrons. The third kappa shape index (κ3) is 3.04. The minimum Gasteiger partial charge on any atom is -0.496 e. The average molecular weight is 285 g/mol. The Balaban J connectivity index is 1.79. The van der Waals surface area contributed by atoms with Gasteiger partial charge in [-0.1, -0.05) is 43.2 Å². The number of rotatable bonds is 5. The Bertz CT molecular complexity index is 618. The summed E-state index contributed by atoms with van der Waals surface area (Å²) < 4.78 is 5.50. The normalized spacial score (nSPS) is 17.2. The molecule has 2 aromatic rings. The minimum absolute atomic E-state index is 0.516. The highest BCUT2D eigenvalue weighted by Gasteiger charge is 2.30. The lowest BCUT2D eigenvalue weighted by Gasteiger charge is -2.23. The molecule has 2 aromatic carbocycles. The van der Waals surface area contributed by atoms with Crippen molar-refractivity contribution in [1.29, 1.82) is 0 Å². The lowest BCUT2D eigenvalue weighted by molar-refractivity contribution is 0.0474. The molecular formula is C18H23NO2. The highest BCUT2D eigenvalue weighted by atomic mass is 16.5. The molecule has 3 nitrogen and oxygen atoms in total. The van der Waals surface area contributed by atoms with Gasteiger partial charge in [-0.15, -0.1) is 0 Å². The Morgan fingerprint density at radius 2 is 1.90 bits per heavy atom. The van der Waals surface area contributed by atoms with Gasteiger partial charge in [0.05, 0.1) is 12.7 Å². The molecule has 1 aliphatic carbocycles. The first-order chi connectivity index (χ1) is 10.2. The maximum atomic E-state index is 10.4. The summed E-state index contributed by atoms with van der Waals surface area (Å²) in [5.41, 5.74) is 0.648. The number of nitrogens with one attached hydrogen (secondary N) is 1. The van der Waals surface area contributed by atoms with Gasteiger partial charge in [-0.2, -0.15) is 0 Å². The average Bonchev–Trinajstić information content (AvgIpc) is 2.94. The second-order valence-electron chi connectivity index (χ2n) is 6.00. The summed E-state index contributed by atoms with van der Waals surface area (Å²) in [6.07, 6.45) is 4.09. The van der Waals surface area contributed by atoms with E-state index in [1.165, 1.54) is 10.8 Å². The summed E-state index contributed by atoms with van der Waals surface area (Å²) in [6, 6.07) is 12.4. The van der Waals surface area contributed by atoms with Crippen molar-refractivity contribution in [2.75, 3.05) is 13.7 Å². The van der Waals surface area contributed by atoms with Gasteiger partial charge in [0.2, 0.25) is 0 Å². The lowest BCUT2D eigenvalue weighted by atomic mass is 10.0. The molecule has 0 aliphatic heterocycles. The summed E-state index contributed by atoms with van der Waals surface area (Å²) in [7, 11) is 1.71. The number of aliphatic hydroxyl groups is 1. The van der Waals surface area contributed by atoms with Gasteiger partial charge in [0.1, 0.15) is 5.75 Å². The molecule has 0 radical (unpaired) electrons. The molecular weight excluding hydrogens is 262 g/mol. The van der Waals surface area contributed by atoms with E-state index >= 15 is 0 Å². The number of benzene rings is 2. The maximum absolute atomic E-state index is 10.4. The Morgan fingerprint density at radius 1 is 1.14 bits per heavy atom. The molecule has 0 atom stereocenters. The molecule has 0 unspecified atom stereocenters. The van der Waals surface area contributed by atoms with Crippen molar-refractivity contribution in [1.82, 2.24) is 5.32 Å². The SMILES string of the molecule is COc1ccc2ccccc2c1CNCC1(O)CCCC1. The van der Waals surface area contributed by atoms with E-state index in [0.717, 1.165) is 37.0 Å². The van der Waals surface area contributed by atoms with Gasteiger partial charge in [0.15, 0.2) is 0 Å². The molecule has 0 heterocycles. The summed E-state index contributed by atoms with van der Waals surface area (Å²) >= 11 is 0. The smallest absolute Gasteiger partial charge is 0.123 e. The van der Waals surface area contributed by atoms with Gasteiger partial charge in [-0.25, -0.2) is 0 Å². The Labute approximate surface area is 125 Å². The van der Waals surface area contributed by atoms with E-state index < -0.39 is 5.60 Å². The van der Waals surface area contributed by atoms with Crippen molar-refractivity contribution in [3.63, 3.8) is 0 Å². The molecule has 0 spiro atoms. The van der Waals surface area contributed by atoms with Crippen LogP contribution in [0.1, 0.15) is 31.2 Å². The van der Waals surface area contributed by atoms with Crippen molar-refractivity contribution >= 4 is 10.8 Å². The van der Waals surface area contributed by atoms with E-state index in [1.807, 2.05) is 12.1 Å². The van der Waals surface area contributed by atoms with Crippen LogP contribution >= 0.6 is 0 Å². The first-order valence-corrected chi connectivity index (χ1v) is 7.70. The zero-order valence-electron chi connectivity index (χ0n) is 12.6. The van der Waals surface area contributed by atoms with Crippen molar-refractivity contribution in [2.45, 2.75) is 37.8 Å². The number of hydrogen-bond donors (Lipinski definition) is 2. The molecule has 1 aliphatic rings. The summed E-state index contributed by atoms with van der Waals surface area (Å²) in [6.45, 7) is 1.37. The van der Waals surface area contributed by atoms with Gasteiger partial charge in [-0.3, -0.25) is 0 Å². The maximum Gasteiger partial charge on any atom is 0.123 e. The first kappa shape index (κ1) is 14.4. The van der Waals surface area contributed by atoms with Crippen LogP contribution in [0.2, 0.25) is 0 Å². The molecule has 0 aromatic heterocycles. The van der Waals surface area contributed by atoms with Crippen LogP contribution in [0.3, 0.4) is 0 Å². The van der Waals surface area contributed by atoms with Crippen LogP contribution in [0, 0.1) is 0 Å². The van der Waals surface area contributed by atoms with Crippen LogP contribution < -0.4 is 10.1 Å². The molecule has 3 rings (SSSR count). The van der Waals surface area contributed by atoms with Crippen LogP contribution in [0.5, 0.6) is 5.75 Å². The molecule has 2 N–H and O–H groups in total. The number of ether oxygens (including phenoxy) is 1. The van der Waals surface area contributed by atoms with Crippen molar-refractivity contribution in [3.05, 3.63) is 42.0 Å². The molecule has 21 heavy (non-hydrogen) atoms. The molecule has 1 fully saturated rings. The van der Waals surface area contributed by atoms with Gasteiger partial charge >= 0.3 is 0 Å². The van der Waals surface area contributed by atoms with E-state index in [9.17, 15) is 5.11 Å². The van der Waals surface area contributed by atoms with Gasteiger partial charge in [0, 0.05) is 18.7 Å². The lowest BCUT2D eigenvalue weighted by Crippen LogP contribution is -2.37. The third-order valence-electron chi connectivity index (χ3n) is 4.51. The summed E-state index contributed by atoms with van der Waals surface area (Å²) in [5.74, 6) is 0.902. The van der Waals surface area contributed by atoms with E-state index in [-0.39, 0.29) is 0 Å². The minimum atomic E-state index is -0.516. The number of methoxy groups -OCH3 is 1. The van der Waals surface area contributed by atoms with E-state index in [0.29, 0.717) is 13.1 Å². The monoisotopic (exact) mass is 285 g/mol. The van der Waals surface area contributed by atoms with Crippen LogP contribution in [0.4, 0.5) is 0 Å². The highest BCUT2D eigenvalue weighted by molar-refractivity contribution is 5.87. The van der Waals surface area contributed by atoms with Gasteiger partial charge < -0.3 is 15.2 Å². The summed E-state index contributed by atoms with van der Waals surface area (Å²) in [4.78, 5) is 0. The Kier molecular flexibility index (Phi) is 4.13. The standard InChI is InChI=1S/C18H23NO2/c1-21-17-9-8-14-6-2-3-7-15(14)16(17)12-19-13-18(20)10-4-5-11-18/h2-3,6-9,19-20H,4-5,10-13H2,1H3. The van der Waals surface area contributed by atoms with E-state index in [1.54, 1.807) is 7.11 Å². The van der Waals surface area contributed by atoms with E-state index in [4.69, 9.17) is 4.74 Å². The van der Waals surface area contributed by atoms with Crippen LogP contribution in [0.15, 0.2) is 36.4 Å². The highest BCUT2D eigenvalue weighted by Crippen LogP contribution is 2.30. The quantitative estimate of drug-likeness (QED) is 0.886. The predicted octanol–water partition coefficient (Wildman–Crippen LogP) is 3.24. The fraction of sp³-hybridized carbons (Fsp3) is 0.444. The van der Waals surface area contributed by atoms with Gasteiger partial charge in [-0.05, 0) is 29.7 Å². The first-order valence-electron chi connectivity index (χ1n) is 7.70. The van der Waals surface area contributed by atoms with Crippen LogP contribution in [-0.4, -0.2) is 24.4 Å². The van der Waals surface area contributed by atoms with Crippen molar-refractivity contribution in [3.8, 4) is 5.75 Å². The molecule has 0 bridgehead atoms. The van der Waals surface area contributed by atoms with Crippen LogP contribution in [0.25, 0.3) is 10.8 Å². The van der Waals surface area contributed by atoms with E-state index in [2.05, 4.69) is 29.6 Å². The molecule has 3 heteroatoms. The third-order valence-corrected chi connectivity index (χ3v) is 4.51. The molecule has 1 saturated carbocycles.